The van der Waals surface area contributed by atoms with E-state index in [2.05, 4.69) is 15.9 Å². The number of carbonyl (C=O) groups is 1. The van der Waals surface area contributed by atoms with Crippen LogP contribution < -0.4 is 4.74 Å². The molecule has 29 heavy (non-hydrogen) atoms. The molecule has 1 spiro atoms. The summed E-state index contributed by atoms with van der Waals surface area (Å²) in [6.07, 6.45) is -4.41. The Morgan fingerprint density at radius 3 is 2.45 bits per heavy atom. The van der Waals surface area contributed by atoms with Crippen LogP contribution in [0.15, 0.2) is 46.9 Å². The first kappa shape index (κ1) is 20.1. The van der Waals surface area contributed by atoms with E-state index >= 15 is 0 Å². The zero-order chi connectivity index (χ0) is 21.0. The minimum Gasteiger partial charge on any atom is -0.487 e. The van der Waals surface area contributed by atoms with Gasteiger partial charge in [0.25, 0.3) is 0 Å². The van der Waals surface area contributed by atoms with Crippen molar-refractivity contribution in [3.63, 3.8) is 0 Å². The Kier molecular flexibility index (Phi) is 4.60. The van der Waals surface area contributed by atoms with Crippen LogP contribution in [0.5, 0.6) is 5.75 Å². The SMILES string of the molecule is CC1(C)CC2(CN(Cc3ccc(C(F)(F)F)cc3)C(=O)O2)c2cc(Br)ccc2O1. The van der Waals surface area contributed by atoms with Crippen LogP contribution in [0.1, 0.15) is 37.0 Å². The molecule has 1 atom stereocenters. The molecule has 1 unspecified atom stereocenters. The van der Waals surface area contributed by atoms with Gasteiger partial charge in [-0.2, -0.15) is 13.2 Å². The Bertz CT molecular complexity index is 959. The minimum absolute atomic E-state index is 0.170. The number of alkyl halides is 3. The van der Waals surface area contributed by atoms with E-state index in [4.69, 9.17) is 9.47 Å². The van der Waals surface area contributed by atoms with Gasteiger partial charge < -0.3 is 9.47 Å². The minimum atomic E-state index is -4.39. The molecule has 0 bridgehead atoms. The van der Waals surface area contributed by atoms with Gasteiger partial charge >= 0.3 is 12.3 Å². The standard InChI is InChI=1S/C21H19BrF3NO3/c1-19(2)11-20(16-9-15(22)7-8-17(16)28-19)12-26(18(27)29-20)10-13-3-5-14(6-4-13)21(23,24)25/h3-9H,10-12H2,1-2H3. The Hall–Kier alpha value is -2.22. The van der Waals surface area contributed by atoms with E-state index < -0.39 is 29.0 Å². The third kappa shape index (κ3) is 3.82. The topological polar surface area (TPSA) is 38.8 Å². The lowest BCUT2D eigenvalue weighted by atomic mass is 9.80. The van der Waals surface area contributed by atoms with Crippen LogP contribution in [-0.2, 0) is 23.1 Å². The summed E-state index contributed by atoms with van der Waals surface area (Å²) < 4.78 is 51.1. The highest BCUT2D eigenvalue weighted by molar-refractivity contribution is 9.10. The third-order valence-electron chi connectivity index (χ3n) is 5.17. The van der Waals surface area contributed by atoms with Crippen LogP contribution in [0.3, 0.4) is 0 Å². The zero-order valence-corrected chi connectivity index (χ0v) is 17.4. The first-order chi connectivity index (χ1) is 13.5. The summed E-state index contributed by atoms with van der Waals surface area (Å²) in [6, 6.07) is 10.4. The van der Waals surface area contributed by atoms with Crippen molar-refractivity contribution >= 4 is 22.0 Å². The average Bonchev–Trinajstić information content (AvgIpc) is 2.90. The number of ether oxygens (including phenoxy) is 2. The number of benzene rings is 2. The van der Waals surface area contributed by atoms with E-state index in [1.165, 1.54) is 17.0 Å². The predicted molar refractivity (Wildman–Crippen MR) is 103 cm³/mol. The van der Waals surface area contributed by atoms with Crippen molar-refractivity contribution < 1.29 is 27.4 Å². The van der Waals surface area contributed by atoms with E-state index in [1.807, 2.05) is 32.0 Å². The number of halogens is 4. The molecule has 0 N–H and O–H groups in total. The molecular weight excluding hydrogens is 451 g/mol. The molecule has 4 rings (SSSR count). The van der Waals surface area contributed by atoms with Crippen LogP contribution in [-0.4, -0.2) is 23.1 Å². The molecule has 4 nitrogen and oxygen atoms in total. The molecule has 2 heterocycles. The maximum atomic E-state index is 12.8. The first-order valence-corrected chi connectivity index (χ1v) is 9.90. The van der Waals surface area contributed by atoms with Crippen molar-refractivity contribution in [1.82, 2.24) is 4.90 Å². The number of nitrogens with zero attached hydrogens (tertiary/aromatic N) is 1. The summed E-state index contributed by atoms with van der Waals surface area (Å²) in [7, 11) is 0. The molecule has 8 heteroatoms. The molecule has 154 valence electrons. The first-order valence-electron chi connectivity index (χ1n) is 9.11. The molecular formula is C21H19BrF3NO3. The van der Waals surface area contributed by atoms with Crippen molar-refractivity contribution in [2.75, 3.05) is 6.54 Å². The molecule has 1 saturated heterocycles. The summed E-state index contributed by atoms with van der Waals surface area (Å²) in [6.45, 7) is 4.34. The number of hydrogen-bond acceptors (Lipinski definition) is 3. The molecule has 2 aliphatic rings. The summed E-state index contributed by atoms with van der Waals surface area (Å²) in [4.78, 5) is 14.2. The van der Waals surface area contributed by atoms with Crippen LogP contribution in [0.25, 0.3) is 0 Å². The fourth-order valence-electron chi connectivity index (χ4n) is 4.07. The van der Waals surface area contributed by atoms with E-state index in [1.54, 1.807) is 0 Å². The van der Waals surface area contributed by atoms with Crippen molar-refractivity contribution in [3.05, 3.63) is 63.6 Å². The molecule has 2 aliphatic heterocycles. The number of rotatable bonds is 2. The second-order valence-electron chi connectivity index (χ2n) is 8.09. The fourth-order valence-corrected chi connectivity index (χ4v) is 4.43. The highest BCUT2D eigenvalue weighted by atomic mass is 79.9. The molecule has 2 aromatic rings. The Morgan fingerprint density at radius 1 is 1.10 bits per heavy atom. The Labute approximate surface area is 174 Å². The van der Waals surface area contributed by atoms with Gasteiger partial charge in [-0.15, -0.1) is 0 Å². The second kappa shape index (κ2) is 6.65. The van der Waals surface area contributed by atoms with E-state index in [9.17, 15) is 18.0 Å². The van der Waals surface area contributed by atoms with Gasteiger partial charge in [-0.1, -0.05) is 28.1 Å². The lowest BCUT2D eigenvalue weighted by Crippen LogP contribution is -2.46. The van der Waals surface area contributed by atoms with Gasteiger partial charge in [0.1, 0.15) is 11.4 Å². The van der Waals surface area contributed by atoms with Crippen molar-refractivity contribution in [1.29, 1.82) is 0 Å². The van der Waals surface area contributed by atoms with Crippen LogP contribution in [0.2, 0.25) is 0 Å². The van der Waals surface area contributed by atoms with Crippen molar-refractivity contribution in [2.45, 2.75) is 44.2 Å². The Morgan fingerprint density at radius 2 is 1.79 bits per heavy atom. The van der Waals surface area contributed by atoms with E-state index in [0.717, 1.165) is 22.2 Å². The zero-order valence-electron chi connectivity index (χ0n) is 15.8. The molecule has 1 amide bonds. The lowest BCUT2D eigenvalue weighted by molar-refractivity contribution is -0.137. The van der Waals surface area contributed by atoms with Crippen LogP contribution in [0.4, 0.5) is 18.0 Å². The monoisotopic (exact) mass is 469 g/mol. The van der Waals surface area contributed by atoms with Gasteiger partial charge in [0.05, 0.1) is 12.1 Å². The molecule has 0 aliphatic carbocycles. The van der Waals surface area contributed by atoms with Crippen molar-refractivity contribution in [2.24, 2.45) is 0 Å². The quantitative estimate of drug-likeness (QED) is 0.551. The Balaban J connectivity index is 1.61. The predicted octanol–water partition coefficient (Wildman–Crippen LogP) is 5.88. The largest absolute Gasteiger partial charge is 0.487 e. The summed E-state index contributed by atoms with van der Waals surface area (Å²) in [5.41, 5.74) is -0.732. The lowest BCUT2D eigenvalue weighted by Gasteiger charge is -2.42. The highest BCUT2D eigenvalue weighted by Crippen LogP contribution is 2.49. The van der Waals surface area contributed by atoms with Crippen LogP contribution >= 0.6 is 15.9 Å². The summed E-state index contributed by atoms with van der Waals surface area (Å²) in [5, 5.41) is 0. The number of hydrogen-bond donors (Lipinski definition) is 0. The van der Waals surface area contributed by atoms with Gasteiger partial charge in [0.15, 0.2) is 5.60 Å². The maximum Gasteiger partial charge on any atom is 0.416 e. The van der Waals surface area contributed by atoms with Gasteiger partial charge in [-0.3, -0.25) is 4.90 Å². The van der Waals surface area contributed by atoms with Crippen LogP contribution in [0, 0.1) is 0 Å². The number of fused-ring (bicyclic) bond motifs is 2. The molecule has 0 radical (unpaired) electrons. The highest BCUT2D eigenvalue weighted by Gasteiger charge is 2.54. The molecule has 1 fully saturated rings. The van der Waals surface area contributed by atoms with Gasteiger partial charge in [0.2, 0.25) is 0 Å². The molecule has 0 saturated carbocycles. The van der Waals surface area contributed by atoms with Gasteiger partial charge in [-0.05, 0) is 49.7 Å². The van der Waals surface area contributed by atoms with E-state index in [0.29, 0.717) is 24.3 Å². The van der Waals surface area contributed by atoms with Crippen molar-refractivity contribution in [3.8, 4) is 5.75 Å². The van der Waals surface area contributed by atoms with Gasteiger partial charge in [-0.25, -0.2) is 4.79 Å². The number of amides is 1. The summed E-state index contributed by atoms with van der Waals surface area (Å²) in [5.74, 6) is 0.661. The second-order valence-corrected chi connectivity index (χ2v) is 9.01. The molecule has 2 aromatic carbocycles. The summed E-state index contributed by atoms with van der Waals surface area (Å²) >= 11 is 3.45. The van der Waals surface area contributed by atoms with Gasteiger partial charge in [0, 0.05) is 23.0 Å². The normalized spacial score (nSPS) is 23.0. The fraction of sp³-hybridized carbons (Fsp3) is 0.381. The molecule has 0 aromatic heterocycles. The van der Waals surface area contributed by atoms with E-state index in [-0.39, 0.29) is 6.54 Å². The third-order valence-corrected chi connectivity index (χ3v) is 5.67. The average molecular weight is 470 g/mol. The smallest absolute Gasteiger partial charge is 0.416 e. The number of carbonyl (C=O) groups excluding carboxylic acids is 1. The maximum absolute atomic E-state index is 12.8.